The predicted octanol–water partition coefficient (Wildman–Crippen LogP) is 2.45. The molecule has 0 amide bonds. The average Bonchev–Trinajstić information content (AvgIpc) is 2.48. The van der Waals surface area contributed by atoms with Gasteiger partial charge < -0.3 is 10.2 Å². The quantitative estimate of drug-likeness (QED) is 0.907. The Kier molecular flexibility index (Phi) is 5.65. The van der Waals surface area contributed by atoms with Gasteiger partial charge in [0.1, 0.15) is 5.02 Å². The molecule has 2 heterocycles. The first-order chi connectivity index (χ1) is 10.1. The van der Waals surface area contributed by atoms with E-state index in [0.29, 0.717) is 11.1 Å². The number of rotatable bonds is 5. The van der Waals surface area contributed by atoms with Crippen molar-refractivity contribution >= 4 is 17.3 Å². The summed E-state index contributed by atoms with van der Waals surface area (Å²) in [7, 11) is 1.96. The lowest BCUT2D eigenvalue weighted by Crippen LogP contribution is -2.42. The number of hydrogen-bond donors (Lipinski definition) is 1. The molecule has 1 aliphatic rings. The molecule has 0 aromatic carbocycles. The van der Waals surface area contributed by atoms with Gasteiger partial charge in [0.2, 0.25) is 0 Å². The van der Waals surface area contributed by atoms with Gasteiger partial charge >= 0.3 is 0 Å². The van der Waals surface area contributed by atoms with Gasteiger partial charge in [0.25, 0.3) is 5.56 Å². The summed E-state index contributed by atoms with van der Waals surface area (Å²) in [6.45, 7) is 5.78. The fourth-order valence-electron chi connectivity index (χ4n) is 2.93. The molecule has 21 heavy (non-hydrogen) atoms. The number of nitrogens with one attached hydrogen (secondary N) is 1. The van der Waals surface area contributed by atoms with Crippen molar-refractivity contribution in [2.45, 2.75) is 51.6 Å². The highest BCUT2D eigenvalue weighted by atomic mass is 35.5. The summed E-state index contributed by atoms with van der Waals surface area (Å²) in [5.74, 6) is 0. The van der Waals surface area contributed by atoms with Crippen LogP contribution in [0.15, 0.2) is 11.0 Å². The van der Waals surface area contributed by atoms with Crippen LogP contribution in [0.25, 0.3) is 0 Å². The largest absolute Gasteiger partial charge is 0.366 e. The molecule has 1 N–H and O–H groups in total. The second-order valence-electron chi connectivity index (χ2n) is 5.92. The van der Waals surface area contributed by atoms with Crippen LogP contribution >= 0.6 is 11.6 Å². The molecule has 0 bridgehead atoms. The number of halogens is 1. The highest BCUT2D eigenvalue weighted by Gasteiger charge is 2.25. The lowest BCUT2D eigenvalue weighted by atomic mass is 9.99. The van der Waals surface area contributed by atoms with Crippen LogP contribution in [0.3, 0.4) is 0 Å². The van der Waals surface area contributed by atoms with E-state index in [1.54, 1.807) is 6.20 Å². The summed E-state index contributed by atoms with van der Waals surface area (Å²) in [6, 6.07) is 0.449. The van der Waals surface area contributed by atoms with Gasteiger partial charge in [-0.15, -0.1) is 0 Å². The third kappa shape index (κ3) is 3.58. The summed E-state index contributed by atoms with van der Waals surface area (Å²) in [5, 5.41) is 7.79. The molecule has 1 aromatic rings. The second kappa shape index (κ2) is 7.27. The highest BCUT2D eigenvalue weighted by Crippen LogP contribution is 2.29. The van der Waals surface area contributed by atoms with Gasteiger partial charge in [-0.1, -0.05) is 11.6 Å². The van der Waals surface area contributed by atoms with E-state index in [4.69, 9.17) is 11.6 Å². The molecule has 0 radical (unpaired) electrons. The first-order valence-corrected chi connectivity index (χ1v) is 8.12. The number of hydrogen-bond acceptors (Lipinski definition) is 4. The summed E-state index contributed by atoms with van der Waals surface area (Å²) < 4.78 is 1.44. The Morgan fingerprint density at radius 3 is 2.90 bits per heavy atom. The number of anilines is 1. The summed E-state index contributed by atoms with van der Waals surface area (Å²) >= 11 is 6.34. The predicted molar refractivity (Wildman–Crippen MR) is 87.4 cm³/mol. The zero-order chi connectivity index (χ0) is 15.4. The first kappa shape index (κ1) is 16.3. The van der Waals surface area contributed by atoms with Crippen LogP contribution < -0.4 is 15.8 Å². The Bertz CT molecular complexity index is 529. The van der Waals surface area contributed by atoms with E-state index in [9.17, 15) is 4.79 Å². The van der Waals surface area contributed by atoms with E-state index in [2.05, 4.69) is 15.3 Å². The van der Waals surface area contributed by atoms with Crippen LogP contribution in [0.4, 0.5) is 5.69 Å². The van der Waals surface area contributed by atoms with Crippen molar-refractivity contribution < 1.29 is 0 Å². The Balaban J connectivity index is 2.30. The van der Waals surface area contributed by atoms with Gasteiger partial charge in [0, 0.05) is 12.6 Å². The molecule has 1 unspecified atom stereocenters. The van der Waals surface area contributed by atoms with Crippen LogP contribution in [0.5, 0.6) is 0 Å². The second-order valence-corrected chi connectivity index (χ2v) is 6.30. The number of piperidine rings is 1. The molecule has 0 saturated carbocycles. The molecule has 2 rings (SSSR count). The van der Waals surface area contributed by atoms with E-state index in [1.807, 2.05) is 20.9 Å². The standard InChI is InChI=1S/C15H25ClN4O/c1-11(2)20-15(21)14(16)13(10-18-20)19-9-5-4-6-12(19)7-8-17-3/h10-12,17H,4-9H2,1-3H3. The molecule has 5 nitrogen and oxygen atoms in total. The molecule has 118 valence electrons. The molecule has 1 saturated heterocycles. The number of nitrogens with zero attached hydrogens (tertiary/aromatic N) is 3. The molecule has 0 spiro atoms. The fraction of sp³-hybridized carbons (Fsp3) is 0.733. The smallest absolute Gasteiger partial charge is 0.287 e. The molecule has 1 aromatic heterocycles. The summed E-state index contributed by atoms with van der Waals surface area (Å²) in [6.07, 6.45) is 6.32. The van der Waals surface area contributed by atoms with Crippen molar-refractivity contribution in [2.75, 3.05) is 25.0 Å². The monoisotopic (exact) mass is 312 g/mol. The van der Waals surface area contributed by atoms with Crippen molar-refractivity contribution in [1.82, 2.24) is 15.1 Å². The SMILES string of the molecule is CNCCC1CCCCN1c1cnn(C(C)C)c(=O)c1Cl. The third-order valence-corrected chi connectivity index (χ3v) is 4.43. The van der Waals surface area contributed by atoms with Crippen molar-refractivity contribution in [2.24, 2.45) is 0 Å². The topological polar surface area (TPSA) is 50.2 Å². The lowest BCUT2D eigenvalue weighted by Gasteiger charge is -2.38. The molecular weight excluding hydrogens is 288 g/mol. The minimum Gasteiger partial charge on any atom is -0.366 e. The maximum Gasteiger partial charge on any atom is 0.287 e. The molecule has 0 aliphatic carbocycles. The number of aromatic nitrogens is 2. The fourth-order valence-corrected chi connectivity index (χ4v) is 3.18. The average molecular weight is 313 g/mol. The van der Waals surface area contributed by atoms with E-state index >= 15 is 0 Å². The lowest BCUT2D eigenvalue weighted by molar-refractivity contribution is 0.430. The van der Waals surface area contributed by atoms with Crippen LogP contribution in [0.2, 0.25) is 5.02 Å². The van der Waals surface area contributed by atoms with Crippen molar-refractivity contribution in [1.29, 1.82) is 0 Å². The van der Waals surface area contributed by atoms with E-state index in [-0.39, 0.29) is 11.6 Å². The molecule has 1 aliphatic heterocycles. The Morgan fingerprint density at radius 1 is 1.48 bits per heavy atom. The zero-order valence-electron chi connectivity index (χ0n) is 13.1. The Labute approximate surface area is 131 Å². The molecule has 6 heteroatoms. The Morgan fingerprint density at radius 2 is 2.24 bits per heavy atom. The van der Waals surface area contributed by atoms with Gasteiger partial charge in [0.15, 0.2) is 0 Å². The van der Waals surface area contributed by atoms with Crippen molar-refractivity contribution in [3.63, 3.8) is 0 Å². The van der Waals surface area contributed by atoms with E-state index in [0.717, 1.165) is 38.0 Å². The maximum absolute atomic E-state index is 12.3. The van der Waals surface area contributed by atoms with Crippen LogP contribution in [0, 0.1) is 0 Å². The minimum absolute atomic E-state index is 0.0190. The van der Waals surface area contributed by atoms with Gasteiger partial charge in [-0.2, -0.15) is 5.10 Å². The van der Waals surface area contributed by atoms with Gasteiger partial charge in [-0.05, 0) is 53.1 Å². The summed E-state index contributed by atoms with van der Waals surface area (Å²) in [4.78, 5) is 14.6. The van der Waals surface area contributed by atoms with Crippen LogP contribution in [0.1, 0.15) is 45.6 Å². The minimum atomic E-state index is -0.192. The highest BCUT2D eigenvalue weighted by molar-refractivity contribution is 6.33. The van der Waals surface area contributed by atoms with E-state index in [1.165, 1.54) is 11.1 Å². The van der Waals surface area contributed by atoms with Gasteiger partial charge in [-0.3, -0.25) is 4.79 Å². The summed E-state index contributed by atoms with van der Waals surface area (Å²) in [5.41, 5.74) is 0.599. The van der Waals surface area contributed by atoms with E-state index < -0.39 is 0 Å². The normalized spacial score (nSPS) is 19.3. The first-order valence-electron chi connectivity index (χ1n) is 7.74. The van der Waals surface area contributed by atoms with Crippen molar-refractivity contribution in [3.8, 4) is 0 Å². The van der Waals surface area contributed by atoms with Crippen LogP contribution in [-0.4, -0.2) is 36.0 Å². The zero-order valence-corrected chi connectivity index (χ0v) is 13.9. The van der Waals surface area contributed by atoms with Crippen LogP contribution in [-0.2, 0) is 0 Å². The molecular formula is C15H25ClN4O. The van der Waals surface area contributed by atoms with Gasteiger partial charge in [-0.25, -0.2) is 4.68 Å². The maximum atomic E-state index is 12.3. The third-order valence-electron chi connectivity index (χ3n) is 4.08. The Hall–Kier alpha value is -1.07. The van der Waals surface area contributed by atoms with Crippen molar-refractivity contribution in [3.05, 3.63) is 21.6 Å². The molecule has 1 fully saturated rings. The molecule has 1 atom stereocenters. The van der Waals surface area contributed by atoms with Gasteiger partial charge in [0.05, 0.1) is 17.9 Å².